The molecule has 1 aromatic rings. The number of hydrogen-bond acceptors (Lipinski definition) is 4. The third-order valence-electron chi connectivity index (χ3n) is 3.05. The zero-order valence-corrected chi connectivity index (χ0v) is 16.1. The molecule has 1 aromatic heterocycles. The molecule has 1 aliphatic rings. The maximum Gasteiger partial charge on any atom is 0.194 e. The van der Waals surface area contributed by atoms with Crippen LogP contribution < -0.4 is 5.32 Å². The molecule has 0 saturated carbocycles. The molecular formula is C13H21ClIN3O2S. The van der Waals surface area contributed by atoms with Crippen LogP contribution in [-0.2, 0) is 16.0 Å². The van der Waals surface area contributed by atoms with Crippen LogP contribution in [0.3, 0.4) is 0 Å². The molecule has 0 aliphatic carbocycles. The van der Waals surface area contributed by atoms with Gasteiger partial charge in [0.25, 0.3) is 0 Å². The largest absolute Gasteiger partial charge is 0.382 e. The van der Waals surface area contributed by atoms with Crippen molar-refractivity contribution in [1.82, 2.24) is 10.2 Å². The first-order valence-electron chi connectivity index (χ1n) is 6.53. The minimum atomic E-state index is 0. The lowest BCUT2D eigenvalue weighted by molar-refractivity contribution is -0.0447. The van der Waals surface area contributed by atoms with E-state index in [4.69, 9.17) is 21.1 Å². The summed E-state index contributed by atoms with van der Waals surface area (Å²) < 4.78 is 11.6. The lowest BCUT2D eigenvalue weighted by Gasteiger charge is -2.34. The fourth-order valence-corrected chi connectivity index (χ4v) is 3.17. The Bertz CT molecular complexity index is 456. The van der Waals surface area contributed by atoms with E-state index in [1.807, 2.05) is 12.1 Å². The van der Waals surface area contributed by atoms with Crippen molar-refractivity contribution in [3.05, 3.63) is 21.3 Å². The Labute approximate surface area is 151 Å². The highest BCUT2D eigenvalue weighted by atomic mass is 127. The average molecular weight is 446 g/mol. The monoisotopic (exact) mass is 445 g/mol. The van der Waals surface area contributed by atoms with E-state index in [1.54, 1.807) is 25.5 Å². The van der Waals surface area contributed by atoms with E-state index >= 15 is 0 Å². The molecule has 1 unspecified atom stereocenters. The van der Waals surface area contributed by atoms with Gasteiger partial charge in [0.2, 0.25) is 0 Å². The highest BCUT2D eigenvalue weighted by molar-refractivity contribution is 14.0. The van der Waals surface area contributed by atoms with Crippen molar-refractivity contribution < 1.29 is 9.47 Å². The summed E-state index contributed by atoms with van der Waals surface area (Å²) in [5.74, 6) is 0.888. The van der Waals surface area contributed by atoms with Gasteiger partial charge in [0, 0.05) is 32.1 Å². The van der Waals surface area contributed by atoms with Crippen LogP contribution in [0.1, 0.15) is 4.88 Å². The summed E-state index contributed by atoms with van der Waals surface area (Å²) in [6.45, 7) is 3.66. The summed E-state index contributed by atoms with van der Waals surface area (Å²) in [4.78, 5) is 7.72. The Kier molecular flexibility index (Phi) is 8.88. The van der Waals surface area contributed by atoms with E-state index in [2.05, 4.69) is 15.2 Å². The zero-order valence-electron chi connectivity index (χ0n) is 12.2. The van der Waals surface area contributed by atoms with Crippen molar-refractivity contribution in [1.29, 1.82) is 0 Å². The van der Waals surface area contributed by atoms with Crippen LogP contribution in [0.25, 0.3) is 0 Å². The molecule has 2 rings (SSSR count). The van der Waals surface area contributed by atoms with Crippen molar-refractivity contribution in [3.8, 4) is 0 Å². The minimum absolute atomic E-state index is 0. The summed E-state index contributed by atoms with van der Waals surface area (Å²) in [7, 11) is 3.49. The van der Waals surface area contributed by atoms with Gasteiger partial charge in [0.1, 0.15) is 0 Å². The number of aliphatic imine (C=N–C) groups is 1. The first-order chi connectivity index (χ1) is 9.72. The summed E-state index contributed by atoms with van der Waals surface area (Å²) in [6, 6.07) is 3.94. The van der Waals surface area contributed by atoms with E-state index < -0.39 is 0 Å². The number of methoxy groups -OCH3 is 1. The van der Waals surface area contributed by atoms with Crippen molar-refractivity contribution in [2.24, 2.45) is 4.99 Å². The van der Waals surface area contributed by atoms with Gasteiger partial charge in [0.15, 0.2) is 5.96 Å². The second kappa shape index (κ2) is 9.83. The lowest BCUT2D eigenvalue weighted by atomic mass is 10.3. The number of morpholine rings is 1. The van der Waals surface area contributed by atoms with Gasteiger partial charge >= 0.3 is 0 Å². The highest BCUT2D eigenvalue weighted by Crippen LogP contribution is 2.21. The number of guanidine groups is 1. The number of hydrogen-bond donors (Lipinski definition) is 1. The predicted molar refractivity (Wildman–Crippen MR) is 98.1 cm³/mol. The molecule has 1 fully saturated rings. The van der Waals surface area contributed by atoms with Crippen LogP contribution in [0.15, 0.2) is 17.1 Å². The SMILES string of the molecule is CN=C(NCc1ccc(Cl)s1)N1CCOC(COC)C1.I. The molecule has 1 N–H and O–H groups in total. The van der Waals surface area contributed by atoms with E-state index in [0.717, 1.165) is 29.9 Å². The Morgan fingerprint density at radius 2 is 2.43 bits per heavy atom. The predicted octanol–water partition coefficient (Wildman–Crippen LogP) is 2.44. The third kappa shape index (κ3) is 5.90. The van der Waals surface area contributed by atoms with E-state index in [9.17, 15) is 0 Å². The Morgan fingerprint density at radius 1 is 1.62 bits per heavy atom. The van der Waals surface area contributed by atoms with Gasteiger partial charge in [-0.2, -0.15) is 0 Å². The molecule has 2 heterocycles. The number of ether oxygens (including phenoxy) is 2. The van der Waals surface area contributed by atoms with Crippen molar-refractivity contribution >= 4 is 52.9 Å². The van der Waals surface area contributed by atoms with Gasteiger partial charge in [-0.1, -0.05) is 11.6 Å². The van der Waals surface area contributed by atoms with Crippen LogP contribution in [-0.4, -0.2) is 57.4 Å². The molecule has 0 radical (unpaired) electrons. The van der Waals surface area contributed by atoms with Crippen LogP contribution in [0.4, 0.5) is 0 Å². The number of nitrogens with zero attached hydrogens (tertiary/aromatic N) is 2. The molecule has 1 aliphatic heterocycles. The first-order valence-corrected chi connectivity index (χ1v) is 7.72. The lowest BCUT2D eigenvalue weighted by Crippen LogP contribution is -2.51. The molecule has 0 bridgehead atoms. The summed E-state index contributed by atoms with van der Waals surface area (Å²) in [5.41, 5.74) is 0. The summed E-state index contributed by atoms with van der Waals surface area (Å²) in [6.07, 6.45) is 0.100. The Morgan fingerprint density at radius 3 is 3.05 bits per heavy atom. The fraction of sp³-hybridized carbons (Fsp3) is 0.615. The van der Waals surface area contributed by atoms with Gasteiger partial charge in [0.05, 0.1) is 30.2 Å². The van der Waals surface area contributed by atoms with Crippen molar-refractivity contribution in [2.45, 2.75) is 12.6 Å². The first kappa shape index (κ1) is 19.0. The van der Waals surface area contributed by atoms with Gasteiger partial charge < -0.3 is 19.7 Å². The molecule has 8 heteroatoms. The van der Waals surface area contributed by atoms with Crippen LogP contribution in [0.5, 0.6) is 0 Å². The molecule has 0 spiro atoms. The molecule has 0 aromatic carbocycles. The van der Waals surface area contributed by atoms with Crippen molar-refractivity contribution in [2.75, 3.05) is 40.5 Å². The second-order valence-corrected chi connectivity index (χ2v) is 6.30. The third-order valence-corrected chi connectivity index (χ3v) is 4.28. The molecule has 5 nitrogen and oxygen atoms in total. The molecule has 21 heavy (non-hydrogen) atoms. The molecule has 1 saturated heterocycles. The van der Waals surface area contributed by atoms with E-state index in [0.29, 0.717) is 13.2 Å². The van der Waals surface area contributed by atoms with Crippen LogP contribution >= 0.6 is 46.9 Å². The van der Waals surface area contributed by atoms with Gasteiger partial charge in [-0.15, -0.1) is 35.3 Å². The van der Waals surface area contributed by atoms with E-state index in [-0.39, 0.29) is 30.1 Å². The quantitative estimate of drug-likeness (QED) is 0.439. The average Bonchev–Trinajstić information content (AvgIpc) is 2.86. The number of nitrogens with one attached hydrogen (secondary N) is 1. The van der Waals surface area contributed by atoms with Crippen molar-refractivity contribution in [3.63, 3.8) is 0 Å². The molecule has 120 valence electrons. The molecule has 0 amide bonds. The van der Waals surface area contributed by atoms with Crippen LogP contribution in [0.2, 0.25) is 4.34 Å². The summed E-state index contributed by atoms with van der Waals surface area (Å²) >= 11 is 7.51. The Hall–Kier alpha value is -0.0900. The molecular weight excluding hydrogens is 425 g/mol. The normalized spacial score (nSPS) is 19.3. The number of rotatable bonds is 4. The van der Waals surface area contributed by atoms with Gasteiger partial charge in [-0.3, -0.25) is 4.99 Å². The van der Waals surface area contributed by atoms with E-state index in [1.165, 1.54) is 4.88 Å². The van der Waals surface area contributed by atoms with Crippen LogP contribution in [0, 0.1) is 0 Å². The smallest absolute Gasteiger partial charge is 0.194 e. The topological polar surface area (TPSA) is 46.1 Å². The standard InChI is InChI=1S/C13H20ClN3O2S.HI/c1-15-13(16-7-11-3-4-12(14)20-11)17-5-6-19-10(8-17)9-18-2;/h3-4,10H,5-9H2,1-2H3,(H,15,16);1H. The fourth-order valence-electron chi connectivity index (χ4n) is 2.14. The maximum absolute atomic E-state index is 5.93. The second-order valence-electron chi connectivity index (χ2n) is 4.50. The van der Waals surface area contributed by atoms with Gasteiger partial charge in [-0.25, -0.2) is 0 Å². The molecule has 1 atom stereocenters. The minimum Gasteiger partial charge on any atom is -0.382 e. The number of halogens is 2. The zero-order chi connectivity index (χ0) is 14.4. The maximum atomic E-state index is 5.93. The summed E-state index contributed by atoms with van der Waals surface area (Å²) in [5, 5.41) is 3.36. The Balaban J connectivity index is 0.00000220. The number of thiophene rings is 1. The highest BCUT2D eigenvalue weighted by Gasteiger charge is 2.22. The van der Waals surface area contributed by atoms with Gasteiger partial charge in [-0.05, 0) is 12.1 Å².